The average molecular weight is 485 g/mol. The van der Waals surface area contributed by atoms with Gasteiger partial charge in [-0.25, -0.2) is 4.68 Å². The van der Waals surface area contributed by atoms with E-state index in [2.05, 4.69) is 18.9 Å². The molecule has 36 heavy (non-hydrogen) atoms. The van der Waals surface area contributed by atoms with Gasteiger partial charge in [-0.2, -0.15) is 5.10 Å². The van der Waals surface area contributed by atoms with Gasteiger partial charge in [0.25, 0.3) is 0 Å². The molecule has 3 fully saturated rings. The molecule has 4 aliphatic rings. The first-order valence-electron chi connectivity index (χ1n) is 13.7. The van der Waals surface area contributed by atoms with Gasteiger partial charge in [0.15, 0.2) is 17.3 Å². The van der Waals surface area contributed by atoms with Gasteiger partial charge >= 0.3 is 0 Å². The minimum absolute atomic E-state index is 0.0524. The van der Waals surface area contributed by atoms with Crippen molar-refractivity contribution in [2.24, 2.45) is 34.5 Å². The molecular formula is C31H36N2O3. The average Bonchev–Trinajstić information content (AvgIpc) is 3.47. The van der Waals surface area contributed by atoms with Gasteiger partial charge < -0.3 is 0 Å². The van der Waals surface area contributed by atoms with Crippen LogP contribution in [0.1, 0.15) is 93.0 Å². The van der Waals surface area contributed by atoms with E-state index >= 15 is 0 Å². The van der Waals surface area contributed by atoms with E-state index < -0.39 is 0 Å². The monoisotopic (exact) mass is 484 g/mol. The third-order valence-corrected chi connectivity index (χ3v) is 10.6. The molecule has 188 valence electrons. The highest BCUT2D eigenvalue weighted by atomic mass is 16.1. The zero-order chi connectivity index (χ0) is 25.2. The summed E-state index contributed by atoms with van der Waals surface area (Å²) in [4.78, 5) is 38.8. The van der Waals surface area contributed by atoms with E-state index in [1.165, 1.54) is 12.5 Å². The number of allylic oxidation sites excluding steroid dienone is 1. The summed E-state index contributed by atoms with van der Waals surface area (Å²) in [6.07, 6.45) is 11.6. The van der Waals surface area contributed by atoms with Crippen molar-refractivity contribution in [3.63, 3.8) is 0 Å². The van der Waals surface area contributed by atoms with E-state index in [9.17, 15) is 14.4 Å². The van der Waals surface area contributed by atoms with Crippen molar-refractivity contribution in [3.8, 4) is 5.69 Å². The first kappa shape index (κ1) is 23.6. The summed E-state index contributed by atoms with van der Waals surface area (Å²) < 4.78 is 1.68. The highest BCUT2D eigenvalue weighted by Gasteiger charge is 2.60. The zero-order valence-electron chi connectivity index (χ0n) is 21.6. The fraction of sp³-hybridized carbons (Fsp3) is 0.548. The lowest BCUT2D eigenvalue weighted by Crippen LogP contribution is -2.51. The number of ketones is 3. The Morgan fingerprint density at radius 2 is 1.75 bits per heavy atom. The lowest BCUT2D eigenvalue weighted by Gasteiger charge is -2.58. The fourth-order valence-corrected chi connectivity index (χ4v) is 8.71. The van der Waals surface area contributed by atoms with Gasteiger partial charge in [0.05, 0.1) is 11.3 Å². The number of para-hydroxylation sites is 1. The maximum absolute atomic E-state index is 14.1. The standard InChI is InChI=1S/C31H36N2O3/c1-19(34)28-24(18-33(32-28)21-7-5-4-6-8-21)29(36)27-12-11-25-23-10-9-20-17-22(35)13-15-30(20,2)26(23)14-16-31(25,27)3/h4-8,17-18,23,25-27H,9-16H2,1-3H3/t23-,25-,26-,27+,30-,31-/m0/s1. The van der Waals surface area contributed by atoms with Crippen molar-refractivity contribution in [2.75, 3.05) is 0 Å². The lowest BCUT2D eigenvalue weighted by molar-refractivity contribution is -0.117. The van der Waals surface area contributed by atoms with E-state index in [1.807, 2.05) is 36.4 Å². The van der Waals surface area contributed by atoms with Crippen molar-refractivity contribution in [3.05, 3.63) is 59.4 Å². The van der Waals surface area contributed by atoms with Crippen LogP contribution in [0.15, 0.2) is 48.2 Å². The van der Waals surface area contributed by atoms with E-state index in [-0.39, 0.29) is 34.0 Å². The second kappa shape index (κ2) is 8.36. The van der Waals surface area contributed by atoms with Gasteiger partial charge in [0.1, 0.15) is 5.69 Å². The smallest absolute Gasteiger partial charge is 0.180 e. The van der Waals surface area contributed by atoms with Crippen LogP contribution in [-0.4, -0.2) is 27.1 Å². The Balaban J connectivity index is 1.31. The van der Waals surface area contributed by atoms with Crippen LogP contribution < -0.4 is 0 Å². The molecule has 5 nitrogen and oxygen atoms in total. The maximum Gasteiger partial charge on any atom is 0.180 e. The number of rotatable bonds is 4. The molecule has 5 heteroatoms. The predicted octanol–water partition coefficient (Wildman–Crippen LogP) is 6.41. The number of fused-ring (bicyclic) bond motifs is 5. The Bertz CT molecular complexity index is 1270. The van der Waals surface area contributed by atoms with Gasteiger partial charge in [-0.05, 0) is 91.7 Å². The van der Waals surface area contributed by atoms with E-state index in [1.54, 1.807) is 10.9 Å². The molecule has 0 saturated heterocycles. The summed E-state index contributed by atoms with van der Waals surface area (Å²) in [7, 11) is 0. The number of carbonyl (C=O) groups excluding carboxylic acids is 3. The van der Waals surface area contributed by atoms with Gasteiger partial charge in [0, 0.05) is 25.5 Å². The molecule has 6 rings (SSSR count). The van der Waals surface area contributed by atoms with Crippen LogP contribution >= 0.6 is 0 Å². The Hall–Kier alpha value is -2.82. The van der Waals surface area contributed by atoms with Crippen LogP contribution in [0.2, 0.25) is 0 Å². The van der Waals surface area contributed by atoms with Crippen LogP contribution in [0.25, 0.3) is 5.69 Å². The number of benzene rings is 1. The molecule has 0 unspecified atom stereocenters. The number of nitrogens with zero attached hydrogens (tertiary/aromatic N) is 2. The molecule has 3 saturated carbocycles. The minimum Gasteiger partial charge on any atom is -0.295 e. The third-order valence-electron chi connectivity index (χ3n) is 10.6. The van der Waals surface area contributed by atoms with Crippen molar-refractivity contribution in [1.29, 1.82) is 0 Å². The van der Waals surface area contributed by atoms with E-state index in [0.29, 0.717) is 35.5 Å². The molecule has 0 radical (unpaired) electrons. The third kappa shape index (κ3) is 3.42. The second-order valence-electron chi connectivity index (χ2n) is 12.2. The predicted molar refractivity (Wildman–Crippen MR) is 138 cm³/mol. The minimum atomic E-state index is -0.164. The molecule has 1 heterocycles. The number of Topliss-reactive ketones (excluding diaryl/α,β-unsaturated/α-hetero) is 2. The van der Waals surface area contributed by atoms with Crippen molar-refractivity contribution in [1.82, 2.24) is 9.78 Å². The first-order chi connectivity index (χ1) is 17.2. The molecular weight excluding hydrogens is 448 g/mol. The highest BCUT2D eigenvalue weighted by Crippen LogP contribution is 2.66. The first-order valence-corrected chi connectivity index (χ1v) is 13.7. The molecule has 0 spiro atoms. The Kier molecular flexibility index (Phi) is 5.47. The van der Waals surface area contributed by atoms with Crippen molar-refractivity contribution < 1.29 is 14.4 Å². The van der Waals surface area contributed by atoms with Crippen molar-refractivity contribution >= 4 is 17.3 Å². The highest BCUT2D eigenvalue weighted by molar-refractivity contribution is 6.08. The Labute approximate surface area is 213 Å². The van der Waals surface area contributed by atoms with Crippen LogP contribution in [0, 0.1) is 34.5 Å². The van der Waals surface area contributed by atoms with Gasteiger partial charge in [-0.3, -0.25) is 14.4 Å². The van der Waals surface area contributed by atoms with Gasteiger partial charge in [-0.1, -0.05) is 37.6 Å². The van der Waals surface area contributed by atoms with Crippen LogP contribution in [0.4, 0.5) is 0 Å². The normalized spacial score (nSPS) is 35.4. The molecule has 0 bridgehead atoms. The molecule has 2 aromatic rings. The van der Waals surface area contributed by atoms with Gasteiger partial charge in [0.2, 0.25) is 0 Å². The SMILES string of the molecule is CC(=O)c1nn(-c2ccccc2)cc1C(=O)[C@H]1CC[C@H]2[C@@H]3CCC4=CC(=O)CC[C@]4(C)[C@H]3CC[C@]12C. The molecule has 0 N–H and O–H groups in total. The number of carbonyl (C=O) groups is 3. The van der Waals surface area contributed by atoms with Gasteiger partial charge in [-0.15, -0.1) is 0 Å². The molecule has 4 aliphatic carbocycles. The number of hydrogen-bond donors (Lipinski definition) is 0. The summed E-state index contributed by atoms with van der Waals surface area (Å²) in [6.45, 7) is 6.25. The Morgan fingerprint density at radius 3 is 2.50 bits per heavy atom. The largest absolute Gasteiger partial charge is 0.295 e. The molecule has 0 amide bonds. The second-order valence-corrected chi connectivity index (χ2v) is 12.2. The topological polar surface area (TPSA) is 69.0 Å². The molecule has 0 aliphatic heterocycles. The van der Waals surface area contributed by atoms with E-state index in [4.69, 9.17) is 0 Å². The summed E-state index contributed by atoms with van der Waals surface area (Å²) in [5, 5.41) is 4.54. The molecule has 6 atom stereocenters. The molecule has 1 aromatic carbocycles. The summed E-state index contributed by atoms with van der Waals surface area (Å²) in [5.74, 6) is 1.88. The summed E-state index contributed by atoms with van der Waals surface area (Å²) >= 11 is 0. The fourth-order valence-electron chi connectivity index (χ4n) is 8.71. The Morgan fingerprint density at radius 1 is 0.972 bits per heavy atom. The quantitative estimate of drug-likeness (QED) is 0.471. The van der Waals surface area contributed by atoms with Crippen LogP contribution in [0.3, 0.4) is 0 Å². The lowest BCUT2D eigenvalue weighted by atomic mass is 9.46. The van der Waals surface area contributed by atoms with E-state index in [0.717, 1.165) is 50.6 Å². The van der Waals surface area contributed by atoms with Crippen LogP contribution in [-0.2, 0) is 4.79 Å². The maximum atomic E-state index is 14.1. The summed E-state index contributed by atoms with van der Waals surface area (Å²) in [6, 6.07) is 9.67. The summed E-state index contributed by atoms with van der Waals surface area (Å²) in [5.41, 5.74) is 3.08. The number of aromatic nitrogens is 2. The number of hydrogen-bond acceptors (Lipinski definition) is 4. The van der Waals surface area contributed by atoms with Crippen LogP contribution in [0.5, 0.6) is 0 Å². The van der Waals surface area contributed by atoms with Crippen molar-refractivity contribution in [2.45, 2.75) is 72.1 Å². The zero-order valence-corrected chi connectivity index (χ0v) is 21.6. The molecule has 1 aromatic heterocycles.